The zero-order chi connectivity index (χ0) is 14.3. The summed E-state index contributed by atoms with van der Waals surface area (Å²) in [7, 11) is 0. The maximum absolute atomic E-state index is 5.65. The standard InChI is InChI=1S/C16H34N2O/c1-13(2)11-18(12-14(3)4)15(5)9-17-10-16-7-6-8-19-16/h13-17H,6-12H2,1-5H3. The van der Waals surface area contributed by atoms with Gasteiger partial charge in [0.05, 0.1) is 6.10 Å². The molecule has 1 rings (SSSR count). The van der Waals surface area contributed by atoms with Gasteiger partial charge in [0.2, 0.25) is 0 Å². The van der Waals surface area contributed by atoms with Gasteiger partial charge in [-0.3, -0.25) is 4.90 Å². The Hall–Kier alpha value is -0.120. The number of hydrogen-bond donors (Lipinski definition) is 1. The van der Waals surface area contributed by atoms with Gasteiger partial charge in [0.25, 0.3) is 0 Å². The van der Waals surface area contributed by atoms with E-state index in [1.54, 1.807) is 0 Å². The molecule has 1 aliphatic rings. The van der Waals surface area contributed by atoms with Gasteiger partial charge in [-0.25, -0.2) is 0 Å². The predicted molar refractivity (Wildman–Crippen MR) is 82.6 cm³/mol. The van der Waals surface area contributed by atoms with Crippen molar-refractivity contribution < 1.29 is 4.74 Å². The number of ether oxygens (including phenoxy) is 1. The van der Waals surface area contributed by atoms with Gasteiger partial charge in [0.15, 0.2) is 0 Å². The van der Waals surface area contributed by atoms with Gasteiger partial charge in [-0.15, -0.1) is 0 Å². The minimum atomic E-state index is 0.454. The lowest BCUT2D eigenvalue weighted by molar-refractivity contribution is 0.105. The van der Waals surface area contributed by atoms with E-state index >= 15 is 0 Å². The average Bonchev–Trinajstić information content (AvgIpc) is 2.79. The van der Waals surface area contributed by atoms with Gasteiger partial charge in [0, 0.05) is 38.8 Å². The Morgan fingerprint density at radius 1 is 1.11 bits per heavy atom. The largest absolute Gasteiger partial charge is 0.377 e. The summed E-state index contributed by atoms with van der Waals surface area (Å²) in [4.78, 5) is 2.62. The summed E-state index contributed by atoms with van der Waals surface area (Å²) in [6, 6.07) is 0.603. The van der Waals surface area contributed by atoms with Crippen molar-refractivity contribution >= 4 is 0 Å². The quantitative estimate of drug-likeness (QED) is 0.697. The molecule has 0 aromatic carbocycles. The molecule has 0 spiro atoms. The first-order valence-electron chi connectivity index (χ1n) is 8.05. The van der Waals surface area contributed by atoms with Gasteiger partial charge in [-0.2, -0.15) is 0 Å². The molecular weight excluding hydrogens is 236 g/mol. The van der Waals surface area contributed by atoms with Crippen LogP contribution < -0.4 is 5.32 Å². The van der Waals surface area contributed by atoms with Crippen LogP contribution in [0.5, 0.6) is 0 Å². The van der Waals surface area contributed by atoms with Gasteiger partial charge in [-0.05, 0) is 31.6 Å². The molecule has 0 bridgehead atoms. The molecule has 1 N–H and O–H groups in total. The molecular formula is C16H34N2O. The molecule has 3 nitrogen and oxygen atoms in total. The fraction of sp³-hybridized carbons (Fsp3) is 1.00. The molecule has 0 aromatic heterocycles. The second-order valence-electron chi connectivity index (χ2n) is 6.88. The lowest BCUT2D eigenvalue weighted by Crippen LogP contribution is -2.45. The Balaban J connectivity index is 2.26. The highest BCUT2D eigenvalue weighted by Crippen LogP contribution is 2.11. The van der Waals surface area contributed by atoms with Crippen LogP contribution in [0.25, 0.3) is 0 Å². The molecule has 114 valence electrons. The minimum Gasteiger partial charge on any atom is -0.377 e. The zero-order valence-corrected chi connectivity index (χ0v) is 13.6. The van der Waals surface area contributed by atoms with Crippen LogP contribution in [0.15, 0.2) is 0 Å². The van der Waals surface area contributed by atoms with Crippen LogP contribution >= 0.6 is 0 Å². The van der Waals surface area contributed by atoms with Crippen molar-refractivity contribution in [2.24, 2.45) is 11.8 Å². The molecule has 0 saturated carbocycles. The molecule has 1 heterocycles. The Labute approximate surface area is 120 Å². The first-order chi connectivity index (χ1) is 8.99. The second-order valence-corrected chi connectivity index (χ2v) is 6.88. The van der Waals surface area contributed by atoms with Crippen LogP contribution in [0.3, 0.4) is 0 Å². The van der Waals surface area contributed by atoms with Crippen LogP contribution in [0.4, 0.5) is 0 Å². The van der Waals surface area contributed by atoms with E-state index < -0.39 is 0 Å². The average molecular weight is 270 g/mol. The van der Waals surface area contributed by atoms with E-state index in [1.165, 1.54) is 25.9 Å². The summed E-state index contributed by atoms with van der Waals surface area (Å²) in [5.41, 5.74) is 0. The van der Waals surface area contributed by atoms with E-state index in [4.69, 9.17) is 4.74 Å². The van der Waals surface area contributed by atoms with Gasteiger partial charge in [0.1, 0.15) is 0 Å². The van der Waals surface area contributed by atoms with Crippen molar-refractivity contribution in [3.05, 3.63) is 0 Å². The molecule has 0 amide bonds. The topological polar surface area (TPSA) is 24.5 Å². The maximum Gasteiger partial charge on any atom is 0.0700 e. The van der Waals surface area contributed by atoms with Crippen LogP contribution in [-0.2, 0) is 4.74 Å². The molecule has 0 aliphatic carbocycles. The lowest BCUT2D eigenvalue weighted by atomic mass is 10.1. The van der Waals surface area contributed by atoms with Gasteiger partial charge in [-0.1, -0.05) is 27.7 Å². The maximum atomic E-state index is 5.65. The monoisotopic (exact) mass is 270 g/mol. The summed E-state index contributed by atoms with van der Waals surface area (Å²) >= 11 is 0. The van der Waals surface area contributed by atoms with Crippen LogP contribution in [0.1, 0.15) is 47.5 Å². The summed E-state index contributed by atoms with van der Waals surface area (Å²) in [5, 5.41) is 3.59. The minimum absolute atomic E-state index is 0.454. The highest BCUT2D eigenvalue weighted by molar-refractivity contribution is 4.74. The molecule has 2 unspecified atom stereocenters. The zero-order valence-electron chi connectivity index (χ0n) is 13.6. The Morgan fingerprint density at radius 3 is 2.21 bits per heavy atom. The van der Waals surface area contributed by atoms with Crippen molar-refractivity contribution in [1.82, 2.24) is 10.2 Å². The van der Waals surface area contributed by atoms with Crippen LogP contribution in [0, 0.1) is 11.8 Å². The summed E-state index contributed by atoms with van der Waals surface area (Å²) in [6.45, 7) is 17.0. The molecule has 19 heavy (non-hydrogen) atoms. The highest BCUT2D eigenvalue weighted by Gasteiger charge is 2.18. The molecule has 1 aliphatic heterocycles. The predicted octanol–water partition coefficient (Wildman–Crippen LogP) is 2.76. The van der Waals surface area contributed by atoms with E-state index in [0.717, 1.165) is 31.5 Å². The third-order valence-corrected chi connectivity index (χ3v) is 3.66. The van der Waals surface area contributed by atoms with E-state index in [1.807, 2.05) is 0 Å². The van der Waals surface area contributed by atoms with Crippen molar-refractivity contribution in [3.63, 3.8) is 0 Å². The van der Waals surface area contributed by atoms with E-state index in [0.29, 0.717) is 12.1 Å². The molecule has 1 saturated heterocycles. The Bertz CT molecular complexity index is 215. The first kappa shape index (κ1) is 16.9. The third kappa shape index (κ3) is 7.28. The van der Waals surface area contributed by atoms with E-state index in [9.17, 15) is 0 Å². The number of nitrogens with one attached hydrogen (secondary N) is 1. The van der Waals surface area contributed by atoms with Crippen molar-refractivity contribution in [3.8, 4) is 0 Å². The molecule has 0 radical (unpaired) electrons. The fourth-order valence-electron chi connectivity index (χ4n) is 2.76. The smallest absolute Gasteiger partial charge is 0.0700 e. The lowest BCUT2D eigenvalue weighted by Gasteiger charge is -2.32. The number of hydrogen-bond acceptors (Lipinski definition) is 3. The summed E-state index contributed by atoms with van der Waals surface area (Å²) < 4.78 is 5.65. The van der Waals surface area contributed by atoms with Gasteiger partial charge < -0.3 is 10.1 Å². The molecule has 3 heteroatoms. The summed E-state index contributed by atoms with van der Waals surface area (Å²) in [5.74, 6) is 1.47. The van der Waals surface area contributed by atoms with Crippen molar-refractivity contribution in [2.75, 3.05) is 32.8 Å². The molecule has 0 aromatic rings. The normalized spacial score (nSPS) is 21.8. The molecule has 2 atom stereocenters. The van der Waals surface area contributed by atoms with Crippen molar-refractivity contribution in [2.45, 2.75) is 59.6 Å². The summed E-state index contributed by atoms with van der Waals surface area (Å²) in [6.07, 6.45) is 2.91. The van der Waals surface area contributed by atoms with Gasteiger partial charge >= 0.3 is 0 Å². The highest BCUT2D eigenvalue weighted by atomic mass is 16.5. The van der Waals surface area contributed by atoms with E-state index in [2.05, 4.69) is 44.8 Å². The second kappa shape index (κ2) is 8.93. The SMILES string of the molecule is CC(C)CN(CC(C)C)C(C)CNCC1CCCO1. The first-order valence-corrected chi connectivity index (χ1v) is 8.05. The van der Waals surface area contributed by atoms with Crippen LogP contribution in [0.2, 0.25) is 0 Å². The third-order valence-electron chi connectivity index (χ3n) is 3.66. The van der Waals surface area contributed by atoms with Crippen molar-refractivity contribution in [1.29, 1.82) is 0 Å². The van der Waals surface area contributed by atoms with E-state index in [-0.39, 0.29) is 0 Å². The molecule has 1 fully saturated rings. The Morgan fingerprint density at radius 2 is 1.74 bits per heavy atom. The Kier molecular flexibility index (Phi) is 7.96. The van der Waals surface area contributed by atoms with Crippen LogP contribution in [-0.4, -0.2) is 49.8 Å². The number of nitrogens with zero attached hydrogens (tertiary/aromatic N) is 1. The fourth-order valence-corrected chi connectivity index (χ4v) is 2.76. The number of rotatable bonds is 9.